The van der Waals surface area contributed by atoms with Crippen molar-refractivity contribution in [3.8, 4) is 23.3 Å². The molecule has 2 aliphatic rings. The van der Waals surface area contributed by atoms with Gasteiger partial charge in [0.25, 0.3) is 0 Å². The van der Waals surface area contributed by atoms with Gasteiger partial charge >= 0.3 is 0 Å². The molecule has 1 fully saturated rings. The first-order valence-electron chi connectivity index (χ1n) is 11.6. The van der Waals surface area contributed by atoms with Gasteiger partial charge in [0.15, 0.2) is 6.10 Å². The molecule has 3 aromatic rings. The molecule has 6 nitrogen and oxygen atoms in total. The van der Waals surface area contributed by atoms with Crippen molar-refractivity contribution >= 4 is 11.1 Å². The average molecular weight is 472 g/mol. The van der Waals surface area contributed by atoms with Gasteiger partial charge in [-0.05, 0) is 60.5 Å². The molecule has 3 heterocycles. The van der Waals surface area contributed by atoms with Gasteiger partial charge in [0.05, 0.1) is 17.9 Å². The minimum absolute atomic E-state index is 0.164. The summed E-state index contributed by atoms with van der Waals surface area (Å²) in [6.45, 7) is 4.67. The molecule has 178 valence electrons. The Hall–Kier alpha value is -3.89. The maximum Gasteiger partial charge on any atom is 0.151 e. The molecular weight excluding hydrogens is 445 g/mol. The highest BCUT2D eigenvalue weighted by Crippen LogP contribution is 2.47. The van der Waals surface area contributed by atoms with Crippen LogP contribution in [0.2, 0.25) is 0 Å². The molecule has 1 unspecified atom stereocenters. The molecular formula is C28H26FN3O3. The van der Waals surface area contributed by atoms with Gasteiger partial charge in [0.2, 0.25) is 0 Å². The second kappa shape index (κ2) is 9.77. The van der Waals surface area contributed by atoms with Crippen LogP contribution >= 0.6 is 0 Å². The number of likely N-dealkylation sites (tertiary alicyclic amines) is 1. The Kier molecular flexibility index (Phi) is 6.39. The third kappa shape index (κ3) is 4.71. The van der Waals surface area contributed by atoms with Crippen LogP contribution in [0.15, 0.2) is 60.8 Å². The van der Waals surface area contributed by atoms with Crippen molar-refractivity contribution in [1.82, 2.24) is 9.88 Å². The molecule has 2 aliphatic heterocycles. The molecule has 1 N–H and O–H groups in total. The van der Waals surface area contributed by atoms with Crippen LogP contribution in [0, 0.1) is 17.2 Å². The van der Waals surface area contributed by atoms with E-state index in [1.165, 1.54) is 0 Å². The first kappa shape index (κ1) is 22.9. The third-order valence-corrected chi connectivity index (χ3v) is 6.56. The largest absolute Gasteiger partial charge is 0.508 e. The molecule has 2 aromatic carbocycles. The van der Waals surface area contributed by atoms with Crippen LogP contribution in [-0.2, 0) is 0 Å². The van der Waals surface area contributed by atoms with Gasteiger partial charge in [-0.15, -0.1) is 0 Å². The summed E-state index contributed by atoms with van der Waals surface area (Å²) in [4.78, 5) is 6.71. The number of nitriles is 1. The number of rotatable bonds is 7. The standard InChI is InChI=1S/C28H26FN3O3/c1-18-24-12-22(33)5-9-26(24)35-28(27(18)25-8-2-19(14-30)15-31-25)21-3-6-23(7-4-21)34-11-10-32-16-20(13-29)17-32/h2-9,12,15,20,28,33H,10-11,13,16-17H2,1H3. The Balaban J connectivity index is 1.38. The van der Waals surface area contributed by atoms with Crippen LogP contribution in [0.25, 0.3) is 11.1 Å². The summed E-state index contributed by atoms with van der Waals surface area (Å²) in [6, 6.07) is 18.5. The van der Waals surface area contributed by atoms with E-state index in [4.69, 9.17) is 14.7 Å². The Labute approximate surface area is 203 Å². The quantitative estimate of drug-likeness (QED) is 0.522. The van der Waals surface area contributed by atoms with Crippen molar-refractivity contribution in [2.45, 2.75) is 13.0 Å². The predicted molar refractivity (Wildman–Crippen MR) is 131 cm³/mol. The first-order chi connectivity index (χ1) is 17.1. The lowest BCUT2D eigenvalue weighted by molar-refractivity contribution is 0.0668. The number of allylic oxidation sites excluding steroid dienone is 1. The van der Waals surface area contributed by atoms with Crippen molar-refractivity contribution in [2.75, 3.05) is 32.9 Å². The summed E-state index contributed by atoms with van der Waals surface area (Å²) >= 11 is 0. The van der Waals surface area contributed by atoms with Gasteiger partial charge in [-0.3, -0.25) is 14.3 Å². The molecule has 0 bridgehead atoms. The topological polar surface area (TPSA) is 78.6 Å². The van der Waals surface area contributed by atoms with Crippen molar-refractivity contribution in [3.05, 3.63) is 83.2 Å². The summed E-state index contributed by atoms with van der Waals surface area (Å²) in [5.74, 6) is 1.78. The minimum Gasteiger partial charge on any atom is -0.508 e. The van der Waals surface area contributed by atoms with E-state index >= 15 is 0 Å². The van der Waals surface area contributed by atoms with Crippen molar-refractivity contribution < 1.29 is 19.0 Å². The fraction of sp³-hybridized carbons (Fsp3) is 0.286. The van der Waals surface area contributed by atoms with E-state index in [9.17, 15) is 9.50 Å². The average Bonchev–Trinajstić information content (AvgIpc) is 2.86. The number of fused-ring (bicyclic) bond motifs is 1. The Morgan fingerprint density at radius 3 is 2.66 bits per heavy atom. The van der Waals surface area contributed by atoms with E-state index in [-0.39, 0.29) is 18.3 Å². The minimum atomic E-state index is -0.416. The number of nitrogens with zero attached hydrogens (tertiary/aromatic N) is 3. The highest BCUT2D eigenvalue weighted by molar-refractivity contribution is 5.94. The lowest BCUT2D eigenvalue weighted by Gasteiger charge is -2.37. The number of hydrogen-bond acceptors (Lipinski definition) is 6. The Morgan fingerprint density at radius 2 is 1.97 bits per heavy atom. The van der Waals surface area contributed by atoms with Crippen LogP contribution in [0.3, 0.4) is 0 Å². The molecule has 5 rings (SSSR count). The molecule has 0 radical (unpaired) electrons. The number of phenols is 1. The molecule has 0 aliphatic carbocycles. The normalized spacial score (nSPS) is 17.8. The van der Waals surface area contributed by atoms with Gasteiger partial charge in [-0.2, -0.15) is 5.26 Å². The van der Waals surface area contributed by atoms with E-state index < -0.39 is 6.10 Å². The zero-order valence-corrected chi connectivity index (χ0v) is 19.4. The van der Waals surface area contributed by atoms with Crippen LogP contribution in [0.1, 0.15) is 35.4 Å². The number of phenolic OH excluding ortho intramolecular Hbond substituents is 1. The number of hydrogen-bond donors (Lipinski definition) is 1. The number of pyridine rings is 1. The fourth-order valence-electron chi connectivity index (χ4n) is 4.61. The van der Waals surface area contributed by atoms with E-state index in [0.29, 0.717) is 23.6 Å². The SMILES string of the molecule is CC1=C(c2ccc(C#N)cn2)C(c2ccc(OCCN3CC(CF)C3)cc2)Oc2ccc(O)cc21. The number of aromatic nitrogens is 1. The lowest BCUT2D eigenvalue weighted by atomic mass is 9.88. The first-order valence-corrected chi connectivity index (χ1v) is 11.6. The van der Waals surface area contributed by atoms with E-state index in [2.05, 4.69) is 16.0 Å². The maximum absolute atomic E-state index is 12.6. The van der Waals surface area contributed by atoms with E-state index in [0.717, 1.165) is 47.7 Å². The molecule has 0 spiro atoms. The second-order valence-corrected chi connectivity index (χ2v) is 8.96. The van der Waals surface area contributed by atoms with Crippen molar-refractivity contribution in [2.24, 2.45) is 5.92 Å². The highest BCUT2D eigenvalue weighted by Gasteiger charge is 2.30. The zero-order chi connectivity index (χ0) is 24.4. The molecule has 35 heavy (non-hydrogen) atoms. The summed E-state index contributed by atoms with van der Waals surface area (Å²) in [5.41, 5.74) is 4.76. The monoisotopic (exact) mass is 471 g/mol. The van der Waals surface area contributed by atoms with Crippen LogP contribution < -0.4 is 9.47 Å². The lowest BCUT2D eigenvalue weighted by Crippen LogP contribution is -2.49. The van der Waals surface area contributed by atoms with Crippen molar-refractivity contribution in [3.63, 3.8) is 0 Å². The summed E-state index contributed by atoms with van der Waals surface area (Å²) in [5, 5.41) is 19.2. The van der Waals surface area contributed by atoms with Crippen LogP contribution in [0.5, 0.6) is 17.2 Å². The molecule has 1 aromatic heterocycles. The molecule has 1 saturated heterocycles. The summed E-state index contributed by atoms with van der Waals surface area (Å²) in [7, 11) is 0. The number of aromatic hydroxyl groups is 1. The predicted octanol–water partition coefficient (Wildman–Crippen LogP) is 5.00. The van der Waals surface area contributed by atoms with Gasteiger partial charge in [-0.1, -0.05) is 12.1 Å². The Morgan fingerprint density at radius 1 is 1.17 bits per heavy atom. The number of benzene rings is 2. The number of ether oxygens (including phenoxy) is 2. The fourth-order valence-corrected chi connectivity index (χ4v) is 4.61. The molecule has 1 atom stereocenters. The summed E-state index contributed by atoms with van der Waals surface area (Å²) in [6.07, 6.45) is 1.13. The van der Waals surface area contributed by atoms with E-state index in [1.807, 2.05) is 37.3 Å². The second-order valence-electron chi connectivity index (χ2n) is 8.96. The van der Waals surface area contributed by atoms with E-state index in [1.54, 1.807) is 30.5 Å². The van der Waals surface area contributed by atoms with Crippen LogP contribution in [0.4, 0.5) is 4.39 Å². The van der Waals surface area contributed by atoms with Crippen LogP contribution in [-0.4, -0.2) is 47.9 Å². The molecule has 0 amide bonds. The van der Waals surface area contributed by atoms with Gasteiger partial charge in [0.1, 0.15) is 29.9 Å². The number of halogens is 1. The highest BCUT2D eigenvalue weighted by atomic mass is 19.1. The third-order valence-electron chi connectivity index (χ3n) is 6.56. The van der Waals surface area contributed by atoms with Gasteiger partial charge < -0.3 is 14.6 Å². The van der Waals surface area contributed by atoms with Gasteiger partial charge in [0, 0.05) is 42.9 Å². The molecule has 7 heteroatoms. The maximum atomic E-state index is 12.6. The summed E-state index contributed by atoms with van der Waals surface area (Å²) < 4.78 is 24.9. The smallest absolute Gasteiger partial charge is 0.151 e. The zero-order valence-electron chi connectivity index (χ0n) is 19.4. The van der Waals surface area contributed by atoms with Crippen molar-refractivity contribution in [1.29, 1.82) is 5.26 Å². The Bertz CT molecular complexity index is 1280. The number of alkyl halides is 1. The van der Waals surface area contributed by atoms with Gasteiger partial charge in [-0.25, -0.2) is 0 Å². The molecule has 0 saturated carbocycles.